The van der Waals surface area contributed by atoms with Gasteiger partial charge in [-0.2, -0.15) is 0 Å². The van der Waals surface area contributed by atoms with Crippen molar-refractivity contribution in [3.8, 4) is 0 Å². The van der Waals surface area contributed by atoms with Gasteiger partial charge in [-0.15, -0.1) is 0 Å². The summed E-state index contributed by atoms with van der Waals surface area (Å²) in [7, 11) is 0. The van der Waals surface area contributed by atoms with E-state index in [9.17, 15) is 0 Å². The Hall–Kier alpha value is -1.80. The Morgan fingerprint density at radius 1 is 0.913 bits per heavy atom. The predicted octanol–water partition coefficient (Wildman–Crippen LogP) is 4.57. The topological polar surface area (TPSA) is 6.48 Å². The fraction of sp³-hybridized carbons (Fsp3) is 0.429. The van der Waals surface area contributed by atoms with Gasteiger partial charge >= 0.3 is 0 Å². The van der Waals surface area contributed by atoms with Crippen LogP contribution in [-0.2, 0) is 6.54 Å². The number of piperidine rings is 1. The van der Waals surface area contributed by atoms with Crippen molar-refractivity contribution in [1.29, 1.82) is 0 Å². The molecule has 2 heteroatoms. The van der Waals surface area contributed by atoms with Crippen LogP contribution < -0.4 is 4.90 Å². The summed E-state index contributed by atoms with van der Waals surface area (Å²) in [5.74, 6) is 0. The zero-order valence-electron chi connectivity index (χ0n) is 14.4. The number of benzene rings is 2. The van der Waals surface area contributed by atoms with E-state index in [0.29, 0.717) is 12.1 Å². The van der Waals surface area contributed by atoms with E-state index >= 15 is 0 Å². The van der Waals surface area contributed by atoms with E-state index < -0.39 is 0 Å². The normalized spacial score (nSPS) is 16.7. The number of nitrogens with zero attached hydrogens (tertiary/aromatic N) is 2. The van der Waals surface area contributed by atoms with E-state index in [-0.39, 0.29) is 0 Å². The first-order valence-corrected chi connectivity index (χ1v) is 8.83. The molecular weight excluding hydrogens is 280 g/mol. The zero-order chi connectivity index (χ0) is 16.1. The Bertz CT molecular complexity index is 571. The molecule has 0 unspecified atom stereocenters. The maximum absolute atomic E-state index is 2.61. The van der Waals surface area contributed by atoms with Gasteiger partial charge in [0, 0.05) is 37.4 Å². The summed E-state index contributed by atoms with van der Waals surface area (Å²) in [4.78, 5) is 5.20. The van der Waals surface area contributed by atoms with Crippen LogP contribution in [0.15, 0.2) is 60.7 Å². The monoisotopic (exact) mass is 308 g/mol. The quantitative estimate of drug-likeness (QED) is 0.798. The highest BCUT2D eigenvalue weighted by molar-refractivity contribution is 5.48. The Labute approximate surface area is 140 Å². The number of hydrogen-bond donors (Lipinski definition) is 0. The van der Waals surface area contributed by atoms with E-state index in [0.717, 1.165) is 6.54 Å². The van der Waals surface area contributed by atoms with Gasteiger partial charge in [-0.1, -0.05) is 48.5 Å². The predicted molar refractivity (Wildman–Crippen MR) is 98.8 cm³/mol. The Morgan fingerprint density at radius 3 is 2.04 bits per heavy atom. The number of para-hydroxylation sites is 1. The van der Waals surface area contributed by atoms with Gasteiger partial charge in [0.15, 0.2) is 0 Å². The lowest BCUT2D eigenvalue weighted by atomic mass is 10.00. The molecule has 1 aliphatic rings. The first-order valence-electron chi connectivity index (χ1n) is 8.83. The van der Waals surface area contributed by atoms with Crippen LogP contribution in [-0.4, -0.2) is 30.1 Å². The molecule has 2 aromatic rings. The Balaban J connectivity index is 1.61. The average Bonchev–Trinajstić information content (AvgIpc) is 2.58. The molecule has 2 nitrogen and oxygen atoms in total. The second-order valence-electron chi connectivity index (χ2n) is 6.83. The van der Waals surface area contributed by atoms with Gasteiger partial charge in [-0.05, 0) is 44.4 Å². The van der Waals surface area contributed by atoms with Crippen LogP contribution in [0.3, 0.4) is 0 Å². The van der Waals surface area contributed by atoms with Crippen LogP contribution >= 0.6 is 0 Å². The maximum atomic E-state index is 2.61. The lowest BCUT2D eigenvalue weighted by Gasteiger charge is -2.42. The third-order valence-electron chi connectivity index (χ3n) is 4.81. The second-order valence-corrected chi connectivity index (χ2v) is 6.83. The fourth-order valence-electron chi connectivity index (χ4n) is 3.73. The van der Waals surface area contributed by atoms with Gasteiger partial charge in [0.05, 0.1) is 0 Å². The molecule has 0 aromatic heterocycles. The number of likely N-dealkylation sites (tertiary alicyclic amines) is 1. The lowest BCUT2D eigenvalue weighted by molar-refractivity contribution is 0.199. The van der Waals surface area contributed by atoms with Gasteiger partial charge in [0.2, 0.25) is 0 Å². The molecule has 0 atom stereocenters. The van der Waals surface area contributed by atoms with Crippen molar-refractivity contribution in [2.45, 2.75) is 45.3 Å². The minimum atomic E-state index is 0.545. The third-order valence-corrected chi connectivity index (χ3v) is 4.81. The van der Waals surface area contributed by atoms with E-state index in [2.05, 4.69) is 84.3 Å². The molecule has 3 rings (SSSR count). The molecule has 2 aromatic carbocycles. The number of hydrogen-bond acceptors (Lipinski definition) is 2. The molecule has 0 spiro atoms. The van der Waals surface area contributed by atoms with Crippen molar-refractivity contribution in [3.05, 3.63) is 66.2 Å². The lowest BCUT2D eigenvalue weighted by Crippen LogP contribution is -2.47. The van der Waals surface area contributed by atoms with Gasteiger partial charge in [0.25, 0.3) is 0 Å². The Morgan fingerprint density at radius 2 is 1.48 bits per heavy atom. The first kappa shape index (κ1) is 16.1. The summed E-state index contributed by atoms with van der Waals surface area (Å²) in [6.07, 6.45) is 2.50. The summed E-state index contributed by atoms with van der Waals surface area (Å²) in [5.41, 5.74) is 2.79. The molecule has 0 N–H and O–H groups in total. The molecule has 1 fully saturated rings. The molecule has 0 saturated carbocycles. The van der Waals surface area contributed by atoms with Crippen molar-refractivity contribution in [2.24, 2.45) is 0 Å². The molecule has 0 aliphatic carbocycles. The highest BCUT2D eigenvalue weighted by Gasteiger charge is 2.26. The summed E-state index contributed by atoms with van der Waals surface area (Å²) in [5, 5.41) is 0. The van der Waals surface area contributed by atoms with E-state index in [1.807, 2.05) is 0 Å². The van der Waals surface area contributed by atoms with Crippen LogP contribution in [0, 0.1) is 0 Å². The Kier molecular flexibility index (Phi) is 5.35. The summed E-state index contributed by atoms with van der Waals surface area (Å²) in [6.45, 7) is 8.08. The summed E-state index contributed by atoms with van der Waals surface area (Å²) >= 11 is 0. The molecule has 0 amide bonds. The maximum Gasteiger partial charge on any atom is 0.0371 e. The highest BCUT2D eigenvalue weighted by atomic mass is 15.2. The first-order chi connectivity index (χ1) is 11.2. The second kappa shape index (κ2) is 7.65. The van der Waals surface area contributed by atoms with Gasteiger partial charge in [0.1, 0.15) is 0 Å². The molecule has 1 heterocycles. The van der Waals surface area contributed by atoms with Crippen molar-refractivity contribution >= 4 is 5.69 Å². The smallest absolute Gasteiger partial charge is 0.0371 e. The minimum absolute atomic E-state index is 0.545. The highest BCUT2D eigenvalue weighted by Crippen LogP contribution is 2.26. The summed E-state index contributed by atoms with van der Waals surface area (Å²) < 4.78 is 0. The molecule has 23 heavy (non-hydrogen) atoms. The van der Waals surface area contributed by atoms with Gasteiger partial charge in [-0.25, -0.2) is 0 Å². The molecule has 122 valence electrons. The van der Waals surface area contributed by atoms with Crippen LogP contribution in [0.2, 0.25) is 0 Å². The van der Waals surface area contributed by atoms with Crippen LogP contribution in [0.5, 0.6) is 0 Å². The molecular formula is C21H28N2. The van der Waals surface area contributed by atoms with Crippen molar-refractivity contribution in [3.63, 3.8) is 0 Å². The van der Waals surface area contributed by atoms with Crippen molar-refractivity contribution in [2.75, 3.05) is 18.0 Å². The molecule has 0 radical (unpaired) electrons. The van der Waals surface area contributed by atoms with E-state index in [1.165, 1.54) is 37.2 Å². The molecule has 1 saturated heterocycles. The van der Waals surface area contributed by atoms with Crippen LogP contribution in [0.25, 0.3) is 0 Å². The summed E-state index contributed by atoms with van der Waals surface area (Å²) in [6, 6.07) is 22.9. The fourth-order valence-corrected chi connectivity index (χ4v) is 3.73. The van der Waals surface area contributed by atoms with Gasteiger partial charge in [-0.3, -0.25) is 4.90 Å². The minimum Gasteiger partial charge on any atom is -0.366 e. The molecule has 1 aliphatic heterocycles. The SMILES string of the molecule is CC(C)N(c1ccccc1)C1CCN(Cc2ccccc2)CC1. The number of anilines is 1. The molecule has 0 bridgehead atoms. The van der Waals surface area contributed by atoms with Crippen molar-refractivity contribution < 1.29 is 0 Å². The van der Waals surface area contributed by atoms with E-state index in [4.69, 9.17) is 0 Å². The zero-order valence-corrected chi connectivity index (χ0v) is 14.4. The third kappa shape index (κ3) is 4.14. The van der Waals surface area contributed by atoms with Crippen molar-refractivity contribution in [1.82, 2.24) is 4.90 Å². The van der Waals surface area contributed by atoms with E-state index in [1.54, 1.807) is 0 Å². The standard InChI is InChI=1S/C21H28N2/c1-18(2)23(20-11-7-4-8-12-20)21-13-15-22(16-14-21)17-19-9-5-3-6-10-19/h3-12,18,21H,13-17H2,1-2H3. The largest absolute Gasteiger partial charge is 0.366 e. The number of rotatable bonds is 5. The van der Waals surface area contributed by atoms with Crippen LogP contribution in [0.4, 0.5) is 5.69 Å². The van der Waals surface area contributed by atoms with Crippen LogP contribution in [0.1, 0.15) is 32.3 Å². The average molecular weight is 308 g/mol. The van der Waals surface area contributed by atoms with Gasteiger partial charge < -0.3 is 4.90 Å².